The van der Waals surface area contributed by atoms with Gasteiger partial charge in [-0.1, -0.05) is 69.1 Å². The number of nitrogens with two attached hydrogens (primary N) is 1. The third-order valence-electron chi connectivity index (χ3n) is 6.46. The van der Waals surface area contributed by atoms with Crippen molar-refractivity contribution in [3.63, 3.8) is 0 Å². The Labute approximate surface area is 281 Å². The van der Waals surface area contributed by atoms with Crippen LogP contribution in [0.15, 0.2) is 95.2 Å². The van der Waals surface area contributed by atoms with E-state index in [-0.39, 0.29) is 33.2 Å². The number of furan rings is 2. The zero-order chi connectivity index (χ0) is 34.2. The maximum absolute atomic E-state index is 12.2. The molecular formula is C36H48N4O8. The van der Waals surface area contributed by atoms with Crippen molar-refractivity contribution in [1.29, 1.82) is 0 Å². The summed E-state index contributed by atoms with van der Waals surface area (Å²) in [7, 11) is 0. The van der Waals surface area contributed by atoms with Gasteiger partial charge in [0.25, 0.3) is 0 Å². The minimum absolute atomic E-state index is 0. The number of benzene rings is 2. The molecule has 0 fully saturated rings. The van der Waals surface area contributed by atoms with Gasteiger partial charge in [-0.15, -0.1) is 0 Å². The van der Waals surface area contributed by atoms with Gasteiger partial charge in [0.1, 0.15) is 30.0 Å². The summed E-state index contributed by atoms with van der Waals surface area (Å²) in [6.07, 6.45) is 5.81. The van der Waals surface area contributed by atoms with Gasteiger partial charge in [0.2, 0.25) is 0 Å². The molecule has 0 bridgehead atoms. The van der Waals surface area contributed by atoms with Crippen LogP contribution < -0.4 is 21.7 Å². The molecule has 0 aliphatic carbocycles. The standard InChI is InChI=1S/C20H26N2O5.C15H18N2O3.CH4/c1-5-10-25-18(23)21-12-15(22-19(24)27-20(2,3)4)11-14-13-26-17-9-7-6-8-16(14)17;1-2-7-19-15(18)17-9-12(16)8-11-10-20-14-6-4-3-5-13(11)14;/h5-9,13,15H,1,10-12H2,2-4H3,(H,21,23)(H,22,24);2-6,10,12H,1,7-9,16H2,(H,17,18);1H4/t15-;12-;/m11./s1. The van der Waals surface area contributed by atoms with Crippen molar-refractivity contribution < 1.29 is 37.4 Å². The predicted octanol–water partition coefficient (Wildman–Crippen LogP) is 6.63. The molecule has 2 atom stereocenters. The van der Waals surface area contributed by atoms with Crippen LogP contribution in [0.25, 0.3) is 21.9 Å². The van der Waals surface area contributed by atoms with Gasteiger partial charge in [0, 0.05) is 35.5 Å². The topological polar surface area (TPSA) is 167 Å². The van der Waals surface area contributed by atoms with E-state index < -0.39 is 29.9 Å². The number of fused-ring (bicyclic) bond motifs is 2. The van der Waals surface area contributed by atoms with E-state index in [1.165, 1.54) is 12.2 Å². The first-order valence-corrected chi connectivity index (χ1v) is 15.2. The SMILES string of the molecule is C.C=CCOC(=O)NC[C@@H](Cc1coc2ccccc12)NC(=O)OC(C)(C)C.C=CCOC(=O)NC[C@H](N)Cc1coc2ccccc12. The van der Waals surface area contributed by atoms with E-state index in [1.54, 1.807) is 33.3 Å². The second-order valence-electron chi connectivity index (χ2n) is 11.6. The average Bonchev–Trinajstić information content (AvgIpc) is 3.64. The van der Waals surface area contributed by atoms with E-state index in [2.05, 4.69) is 29.1 Å². The third kappa shape index (κ3) is 13.2. The molecule has 2 aromatic carbocycles. The van der Waals surface area contributed by atoms with E-state index in [0.29, 0.717) is 19.4 Å². The summed E-state index contributed by atoms with van der Waals surface area (Å²) in [5.74, 6) is 0. The largest absolute Gasteiger partial charge is 0.464 e. The monoisotopic (exact) mass is 664 g/mol. The molecule has 5 N–H and O–H groups in total. The Balaban J connectivity index is 0.000000340. The summed E-state index contributed by atoms with van der Waals surface area (Å²) in [6, 6.07) is 14.8. The Morgan fingerprint density at radius 1 is 0.792 bits per heavy atom. The molecule has 0 aliphatic heterocycles. The van der Waals surface area contributed by atoms with E-state index in [1.807, 2.05) is 48.5 Å². The highest BCUT2D eigenvalue weighted by molar-refractivity contribution is 5.81. The summed E-state index contributed by atoms with van der Waals surface area (Å²) in [5.41, 5.74) is 8.95. The van der Waals surface area contributed by atoms with Gasteiger partial charge in [-0.25, -0.2) is 14.4 Å². The number of carbonyl (C=O) groups is 3. The molecule has 0 aliphatic rings. The minimum Gasteiger partial charge on any atom is -0.464 e. The number of ether oxygens (including phenoxy) is 3. The van der Waals surface area contributed by atoms with Crippen LogP contribution in [-0.2, 0) is 27.1 Å². The fourth-order valence-electron chi connectivity index (χ4n) is 4.44. The molecule has 0 saturated carbocycles. The number of amides is 3. The Hall–Kier alpha value is -5.23. The molecule has 3 amide bonds. The van der Waals surface area contributed by atoms with E-state index in [4.69, 9.17) is 28.8 Å². The average molecular weight is 665 g/mol. The number of hydrogen-bond acceptors (Lipinski definition) is 9. The summed E-state index contributed by atoms with van der Waals surface area (Å²) in [6.45, 7) is 13.1. The van der Waals surface area contributed by atoms with Crippen LogP contribution in [0.4, 0.5) is 14.4 Å². The Bertz CT molecular complexity index is 1620. The number of alkyl carbamates (subject to hydrolysis) is 3. The van der Waals surface area contributed by atoms with Crippen LogP contribution >= 0.6 is 0 Å². The number of rotatable bonds is 13. The number of hydrogen-bond donors (Lipinski definition) is 4. The lowest BCUT2D eigenvalue weighted by atomic mass is 10.1. The van der Waals surface area contributed by atoms with Crippen LogP contribution in [0, 0.1) is 0 Å². The predicted molar refractivity (Wildman–Crippen MR) is 187 cm³/mol. The summed E-state index contributed by atoms with van der Waals surface area (Å²) in [5, 5.41) is 10.1. The second-order valence-corrected chi connectivity index (χ2v) is 11.6. The van der Waals surface area contributed by atoms with Gasteiger partial charge in [-0.05, 0) is 51.3 Å². The zero-order valence-corrected chi connectivity index (χ0v) is 27.1. The van der Waals surface area contributed by atoms with Crippen LogP contribution in [0.3, 0.4) is 0 Å². The first-order chi connectivity index (χ1) is 22.5. The van der Waals surface area contributed by atoms with E-state index in [9.17, 15) is 14.4 Å². The molecule has 12 nitrogen and oxygen atoms in total. The molecule has 0 radical (unpaired) electrons. The van der Waals surface area contributed by atoms with Crippen molar-refractivity contribution in [3.8, 4) is 0 Å². The van der Waals surface area contributed by atoms with Crippen molar-refractivity contribution in [2.45, 2.75) is 58.7 Å². The van der Waals surface area contributed by atoms with E-state index in [0.717, 1.165) is 33.1 Å². The van der Waals surface area contributed by atoms with Crippen LogP contribution in [0.2, 0.25) is 0 Å². The molecule has 2 heterocycles. The van der Waals surface area contributed by atoms with E-state index >= 15 is 0 Å². The van der Waals surface area contributed by atoms with Crippen LogP contribution in [0.1, 0.15) is 39.3 Å². The molecular weight excluding hydrogens is 616 g/mol. The molecule has 4 rings (SSSR count). The lowest BCUT2D eigenvalue weighted by molar-refractivity contribution is 0.0502. The minimum atomic E-state index is -0.618. The smallest absolute Gasteiger partial charge is 0.407 e. The van der Waals surface area contributed by atoms with Crippen LogP contribution in [0.5, 0.6) is 0 Å². The first kappa shape index (κ1) is 39.0. The number of para-hydroxylation sites is 2. The number of carbonyl (C=O) groups excluding carboxylic acids is 3. The highest BCUT2D eigenvalue weighted by Gasteiger charge is 2.22. The van der Waals surface area contributed by atoms with Crippen molar-refractivity contribution in [2.75, 3.05) is 26.3 Å². The first-order valence-electron chi connectivity index (χ1n) is 15.2. The van der Waals surface area contributed by atoms with Crippen molar-refractivity contribution in [2.24, 2.45) is 5.73 Å². The zero-order valence-electron chi connectivity index (χ0n) is 27.1. The lowest BCUT2D eigenvalue weighted by Crippen LogP contribution is -2.46. The van der Waals surface area contributed by atoms with Crippen molar-refractivity contribution >= 4 is 40.2 Å². The second kappa shape index (κ2) is 19.4. The quantitative estimate of drug-likeness (QED) is 0.0906. The Morgan fingerprint density at radius 3 is 1.77 bits per heavy atom. The fraction of sp³-hybridized carbons (Fsp3) is 0.361. The van der Waals surface area contributed by atoms with Gasteiger partial charge in [0.15, 0.2) is 0 Å². The fourth-order valence-corrected chi connectivity index (χ4v) is 4.44. The molecule has 0 saturated heterocycles. The molecule has 0 spiro atoms. The maximum atomic E-state index is 12.2. The molecule has 4 aromatic rings. The van der Waals surface area contributed by atoms with Gasteiger partial charge in [-0.2, -0.15) is 0 Å². The maximum Gasteiger partial charge on any atom is 0.407 e. The Kier molecular flexibility index (Phi) is 15.8. The van der Waals surface area contributed by atoms with Crippen molar-refractivity contribution in [3.05, 3.63) is 97.5 Å². The third-order valence-corrected chi connectivity index (χ3v) is 6.46. The Morgan fingerprint density at radius 2 is 1.27 bits per heavy atom. The molecule has 2 aromatic heterocycles. The van der Waals surface area contributed by atoms with Crippen LogP contribution in [-0.4, -0.2) is 62.3 Å². The normalized spacial score (nSPS) is 11.9. The highest BCUT2D eigenvalue weighted by atomic mass is 16.6. The highest BCUT2D eigenvalue weighted by Crippen LogP contribution is 2.23. The summed E-state index contributed by atoms with van der Waals surface area (Å²) >= 11 is 0. The van der Waals surface area contributed by atoms with Crippen molar-refractivity contribution in [1.82, 2.24) is 16.0 Å². The molecule has 0 unspecified atom stereocenters. The van der Waals surface area contributed by atoms with Gasteiger partial charge < -0.3 is 44.7 Å². The summed E-state index contributed by atoms with van der Waals surface area (Å²) < 4.78 is 26.0. The molecule has 48 heavy (non-hydrogen) atoms. The van der Waals surface area contributed by atoms with Gasteiger partial charge in [-0.3, -0.25) is 0 Å². The lowest BCUT2D eigenvalue weighted by Gasteiger charge is -2.23. The molecule has 260 valence electrons. The molecule has 12 heteroatoms. The van der Waals surface area contributed by atoms with Gasteiger partial charge in [0.05, 0.1) is 18.6 Å². The summed E-state index contributed by atoms with van der Waals surface area (Å²) in [4.78, 5) is 35.1. The number of nitrogens with one attached hydrogen (secondary N) is 3. The van der Waals surface area contributed by atoms with Gasteiger partial charge >= 0.3 is 18.3 Å².